The van der Waals surface area contributed by atoms with Crippen LogP contribution in [0.15, 0.2) is 18.2 Å². The molecular formula is C17H20N2O5. The van der Waals surface area contributed by atoms with Crippen LogP contribution in [0.3, 0.4) is 0 Å². The van der Waals surface area contributed by atoms with Crippen LogP contribution >= 0.6 is 0 Å². The maximum atomic E-state index is 12.2. The molecule has 1 fully saturated rings. The van der Waals surface area contributed by atoms with Gasteiger partial charge >= 0.3 is 0 Å². The molecule has 128 valence electrons. The predicted molar refractivity (Wildman–Crippen MR) is 86.9 cm³/mol. The number of hydrogen-bond donors (Lipinski definition) is 1. The lowest BCUT2D eigenvalue weighted by Crippen LogP contribution is -2.30. The standard InChI is InChI=1S/C17H20N2O5/c1-22-13-8-11(9-14-16(13)24-7-6-23-14)2-3-15(20)19-5-4-12(10-19)17(18)21/h2-3,8-9,12H,4-7,10H2,1H3,(H2,18,21)/b3-2-/t12-/m1/s1. The fourth-order valence-electron chi connectivity index (χ4n) is 2.86. The van der Waals surface area contributed by atoms with E-state index in [4.69, 9.17) is 19.9 Å². The second-order valence-electron chi connectivity index (χ2n) is 5.75. The zero-order chi connectivity index (χ0) is 17.1. The van der Waals surface area contributed by atoms with E-state index in [1.54, 1.807) is 30.2 Å². The fourth-order valence-corrected chi connectivity index (χ4v) is 2.86. The third-order valence-electron chi connectivity index (χ3n) is 4.17. The zero-order valence-electron chi connectivity index (χ0n) is 13.5. The molecule has 1 atom stereocenters. The highest BCUT2D eigenvalue weighted by atomic mass is 16.6. The van der Waals surface area contributed by atoms with Crippen LogP contribution in [0.4, 0.5) is 0 Å². The van der Waals surface area contributed by atoms with E-state index in [-0.39, 0.29) is 17.7 Å². The number of rotatable bonds is 4. The lowest BCUT2D eigenvalue weighted by Gasteiger charge is -2.21. The number of hydrogen-bond acceptors (Lipinski definition) is 5. The third kappa shape index (κ3) is 3.29. The molecule has 2 N–H and O–H groups in total. The first-order valence-corrected chi connectivity index (χ1v) is 7.82. The number of fused-ring (bicyclic) bond motifs is 1. The van der Waals surface area contributed by atoms with Crippen molar-refractivity contribution in [3.8, 4) is 17.2 Å². The van der Waals surface area contributed by atoms with Crippen molar-refractivity contribution in [2.45, 2.75) is 6.42 Å². The van der Waals surface area contributed by atoms with E-state index in [1.807, 2.05) is 0 Å². The number of nitrogens with two attached hydrogens (primary N) is 1. The van der Waals surface area contributed by atoms with Gasteiger partial charge in [0.2, 0.25) is 17.6 Å². The summed E-state index contributed by atoms with van der Waals surface area (Å²) < 4.78 is 16.4. The number of carbonyl (C=O) groups is 2. The van der Waals surface area contributed by atoms with Crippen LogP contribution < -0.4 is 19.9 Å². The number of likely N-dealkylation sites (tertiary alicyclic amines) is 1. The summed E-state index contributed by atoms with van der Waals surface area (Å²) in [5.41, 5.74) is 6.06. The number of benzene rings is 1. The van der Waals surface area contributed by atoms with E-state index in [0.717, 1.165) is 5.56 Å². The van der Waals surface area contributed by atoms with E-state index in [0.29, 0.717) is 50.0 Å². The maximum Gasteiger partial charge on any atom is 0.246 e. The van der Waals surface area contributed by atoms with E-state index >= 15 is 0 Å². The van der Waals surface area contributed by atoms with E-state index in [2.05, 4.69) is 0 Å². The Morgan fingerprint density at radius 3 is 2.83 bits per heavy atom. The van der Waals surface area contributed by atoms with Crippen LogP contribution in [-0.2, 0) is 9.59 Å². The van der Waals surface area contributed by atoms with E-state index in [9.17, 15) is 9.59 Å². The van der Waals surface area contributed by atoms with Crippen LogP contribution in [0, 0.1) is 5.92 Å². The van der Waals surface area contributed by atoms with Gasteiger partial charge in [0, 0.05) is 19.2 Å². The van der Waals surface area contributed by atoms with Gasteiger partial charge in [-0.05, 0) is 30.2 Å². The Morgan fingerprint density at radius 2 is 2.12 bits per heavy atom. The molecule has 0 radical (unpaired) electrons. The molecule has 1 aromatic carbocycles. The molecule has 1 saturated heterocycles. The largest absolute Gasteiger partial charge is 0.493 e. The van der Waals surface area contributed by atoms with Crippen molar-refractivity contribution in [2.24, 2.45) is 11.7 Å². The number of methoxy groups -OCH3 is 1. The van der Waals surface area contributed by atoms with Crippen molar-refractivity contribution in [2.75, 3.05) is 33.4 Å². The topological polar surface area (TPSA) is 91.1 Å². The summed E-state index contributed by atoms with van der Waals surface area (Å²) in [5.74, 6) is 0.989. The van der Waals surface area contributed by atoms with Gasteiger partial charge < -0.3 is 24.8 Å². The smallest absolute Gasteiger partial charge is 0.246 e. The van der Waals surface area contributed by atoms with Gasteiger partial charge in [-0.3, -0.25) is 9.59 Å². The van der Waals surface area contributed by atoms with Crippen molar-refractivity contribution < 1.29 is 23.8 Å². The minimum atomic E-state index is -0.356. The van der Waals surface area contributed by atoms with Gasteiger partial charge in [0.15, 0.2) is 11.5 Å². The Hall–Kier alpha value is -2.70. The molecule has 2 amide bonds. The molecule has 24 heavy (non-hydrogen) atoms. The highest BCUT2D eigenvalue weighted by molar-refractivity contribution is 5.92. The monoisotopic (exact) mass is 332 g/mol. The summed E-state index contributed by atoms with van der Waals surface area (Å²) in [7, 11) is 1.56. The SMILES string of the molecule is COc1cc(/C=C\C(=O)N2CC[C@@H](C(N)=O)C2)cc2c1OCCO2. The molecule has 7 heteroatoms. The first-order valence-electron chi connectivity index (χ1n) is 7.82. The third-order valence-corrected chi connectivity index (χ3v) is 4.17. The van der Waals surface area contributed by atoms with Crippen LogP contribution in [0.25, 0.3) is 6.08 Å². The first-order chi connectivity index (χ1) is 11.6. The highest BCUT2D eigenvalue weighted by Gasteiger charge is 2.28. The number of nitrogens with zero attached hydrogens (tertiary/aromatic N) is 1. The molecule has 0 unspecified atom stereocenters. The number of amides is 2. The molecule has 2 heterocycles. The first kappa shape index (κ1) is 16.2. The van der Waals surface area contributed by atoms with Crippen molar-refractivity contribution in [3.63, 3.8) is 0 Å². The molecule has 0 aromatic heterocycles. The summed E-state index contributed by atoms with van der Waals surface area (Å²) in [6, 6.07) is 3.59. The maximum absolute atomic E-state index is 12.2. The Bertz CT molecular complexity index is 669. The second-order valence-corrected chi connectivity index (χ2v) is 5.75. The summed E-state index contributed by atoms with van der Waals surface area (Å²) in [5, 5.41) is 0. The molecule has 0 aliphatic carbocycles. The summed E-state index contributed by atoms with van der Waals surface area (Å²) in [6.07, 6.45) is 3.79. The van der Waals surface area contributed by atoms with E-state index < -0.39 is 0 Å². The Kier molecular flexibility index (Phi) is 4.59. The summed E-state index contributed by atoms with van der Waals surface area (Å²) in [4.78, 5) is 25.0. The molecule has 1 aromatic rings. The number of primary amides is 1. The highest BCUT2D eigenvalue weighted by Crippen LogP contribution is 2.40. The van der Waals surface area contributed by atoms with Crippen LogP contribution in [0.2, 0.25) is 0 Å². The molecule has 7 nitrogen and oxygen atoms in total. The number of ether oxygens (including phenoxy) is 3. The zero-order valence-corrected chi connectivity index (χ0v) is 13.5. The Labute approximate surface area is 140 Å². The van der Waals surface area contributed by atoms with Crippen molar-refractivity contribution in [3.05, 3.63) is 23.8 Å². The van der Waals surface area contributed by atoms with Gasteiger partial charge in [0.25, 0.3) is 0 Å². The van der Waals surface area contributed by atoms with Gasteiger partial charge in [0.05, 0.1) is 13.0 Å². The van der Waals surface area contributed by atoms with Crippen molar-refractivity contribution in [1.29, 1.82) is 0 Å². The molecule has 0 saturated carbocycles. The summed E-state index contributed by atoms with van der Waals surface area (Å²) in [6.45, 7) is 1.88. The molecule has 0 spiro atoms. The molecule has 2 aliphatic heterocycles. The van der Waals surface area contributed by atoms with Crippen molar-refractivity contribution >= 4 is 17.9 Å². The van der Waals surface area contributed by atoms with Crippen LogP contribution in [-0.4, -0.2) is 50.1 Å². The average Bonchev–Trinajstić information content (AvgIpc) is 3.09. The summed E-state index contributed by atoms with van der Waals surface area (Å²) >= 11 is 0. The molecular weight excluding hydrogens is 312 g/mol. The number of carbonyl (C=O) groups excluding carboxylic acids is 2. The molecule has 3 rings (SSSR count). The van der Waals surface area contributed by atoms with Gasteiger partial charge in [-0.2, -0.15) is 0 Å². The normalized spacial score (nSPS) is 19.5. The van der Waals surface area contributed by atoms with Gasteiger partial charge in [-0.15, -0.1) is 0 Å². The lowest BCUT2D eigenvalue weighted by molar-refractivity contribution is -0.125. The van der Waals surface area contributed by atoms with Crippen LogP contribution in [0.1, 0.15) is 12.0 Å². The minimum absolute atomic E-state index is 0.146. The Morgan fingerprint density at radius 1 is 1.33 bits per heavy atom. The second kappa shape index (κ2) is 6.82. The van der Waals surface area contributed by atoms with Gasteiger partial charge in [0.1, 0.15) is 13.2 Å². The van der Waals surface area contributed by atoms with E-state index in [1.165, 1.54) is 6.08 Å². The molecule has 2 aliphatic rings. The minimum Gasteiger partial charge on any atom is -0.493 e. The Balaban J connectivity index is 1.72. The quantitative estimate of drug-likeness (QED) is 0.824. The average molecular weight is 332 g/mol. The van der Waals surface area contributed by atoms with Crippen molar-refractivity contribution in [1.82, 2.24) is 4.90 Å². The fraction of sp³-hybridized carbons (Fsp3) is 0.412. The van der Waals surface area contributed by atoms with Gasteiger partial charge in [-0.1, -0.05) is 0 Å². The van der Waals surface area contributed by atoms with Gasteiger partial charge in [-0.25, -0.2) is 0 Å². The predicted octanol–water partition coefficient (Wildman–Crippen LogP) is 0.813. The lowest BCUT2D eigenvalue weighted by atomic mass is 10.1. The molecule has 0 bridgehead atoms. The van der Waals surface area contributed by atoms with Crippen LogP contribution in [0.5, 0.6) is 17.2 Å².